The summed E-state index contributed by atoms with van der Waals surface area (Å²) < 4.78 is 0. The smallest absolute Gasteiger partial charge is 0.194 e. The molecule has 0 saturated carbocycles. The Morgan fingerprint density at radius 2 is 2.45 bits per heavy atom. The highest BCUT2D eigenvalue weighted by Crippen LogP contribution is 2.37. The van der Waals surface area contributed by atoms with Crippen LogP contribution in [0.5, 0.6) is 0 Å². The van der Waals surface area contributed by atoms with Crippen molar-refractivity contribution >= 4 is 29.3 Å². The summed E-state index contributed by atoms with van der Waals surface area (Å²) in [5.74, 6) is 0.506. The Hall–Kier alpha value is 0.01000. The molecule has 1 atom stereocenters. The Labute approximate surface area is 76.2 Å². The number of halogens is 1. The van der Waals surface area contributed by atoms with Gasteiger partial charge in [-0.2, -0.15) is 0 Å². The van der Waals surface area contributed by atoms with Gasteiger partial charge in [0.05, 0.1) is 0 Å². The van der Waals surface area contributed by atoms with E-state index >= 15 is 0 Å². The van der Waals surface area contributed by atoms with E-state index in [9.17, 15) is 4.79 Å². The zero-order valence-corrected chi connectivity index (χ0v) is 7.63. The predicted molar refractivity (Wildman–Crippen MR) is 48.9 cm³/mol. The fourth-order valence-electron chi connectivity index (χ4n) is 1.37. The summed E-state index contributed by atoms with van der Waals surface area (Å²) in [5, 5.41) is 3.57. The number of thioether (sulfide) groups is 1. The number of fused-ring (bicyclic) bond motifs is 1. The van der Waals surface area contributed by atoms with Crippen LogP contribution in [0.3, 0.4) is 0 Å². The van der Waals surface area contributed by atoms with Gasteiger partial charge in [-0.25, -0.2) is 0 Å². The Balaban J connectivity index is 0.000000605. The van der Waals surface area contributed by atoms with Gasteiger partial charge < -0.3 is 5.32 Å². The van der Waals surface area contributed by atoms with Gasteiger partial charge in [0, 0.05) is 25.4 Å². The maximum absolute atomic E-state index is 10.9. The highest BCUT2D eigenvalue weighted by Gasteiger charge is 2.29. The number of carbonyl (C=O) groups excluding carboxylic acids is 1. The molecule has 1 saturated heterocycles. The lowest BCUT2D eigenvalue weighted by Crippen LogP contribution is -2.26. The van der Waals surface area contributed by atoms with Crippen LogP contribution in [0.25, 0.3) is 0 Å². The van der Waals surface area contributed by atoms with Crippen molar-refractivity contribution < 1.29 is 4.79 Å². The van der Waals surface area contributed by atoms with Gasteiger partial charge in [-0.15, -0.1) is 12.4 Å². The Morgan fingerprint density at radius 3 is 3.18 bits per heavy atom. The lowest BCUT2D eigenvalue weighted by Gasteiger charge is -2.15. The van der Waals surface area contributed by atoms with Gasteiger partial charge in [0.1, 0.15) is 0 Å². The SMILES string of the molecule is Cl.O=C1CC2CNCC=C2S1. The van der Waals surface area contributed by atoms with Crippen LogP contribution in [-0.2, 0) is 4.79 Å². The van der Waals surface area contributed by atoms with Gasteiger partial charge >= 0.3 is 0 Å². The lowest BCUT2D eigenvalue weighted by atomic mass is 10.0. The molecule has 2 rings (SSSR count). The number of rotatable bonds is 0. The Bertz CT molecular complexity index is 205. The van der Waals surface area contributed by atoms with E-state index in [1.807, 2.05) is 0 Å². The largest absolute Gasteiger partial charge is 0.313 e. The molecule has 1 unspecified atom stereocenters. The van der Waals surface area contributed by atoms with Gasteiger partial charge in [-0.05, 0) is 4.91 Å². The van der Waals surface area contributed by atoms with Crippen LogP contribution in [0.1, 0.15) is 6.42 Å². The van der Waals surface area contributed by atoms with Crippen LogP contribution in [0.15, 0.2) is 11.0 Å². The molecule has 0 aromatic heterocycles. The summed E-state index contributed by atoms with van der Waals surface area (Å²) in [6.45, 7) is 1.93. The molecule has 0 aromatic carbocycles. The number of nitrogens with one attached hydrogen (secondary N) is 1. The zero-order chi connectivity index (χ0) is 6.97. The quantitative estimate of drug-likeness (QED) is 0.624. The van der Waals surface area contributed by atoms with E-state index in [0.29, 0.717) is 11.0 Å². The molecule has 0 amide bonds. The summed E-state index contributed by atoms with van der Waals surface area (Å²) in [6, 6.07) is 0. The maximum Gasteiger partial charge on any atom is 0.194 e. The number of hydrogen-bond donors (Lipinski definition) is 1. The second-order valence-electron chi connectivity index (χ2n) is 2.64. The van der Waals surface area contributed by atoms with E-state index in [1.54, 1.807) is 0 Å². The van der Waals surface area contributed by atoms with Crippen LogP contribution in [-0.4, -0.2) is 18.2 Å². The van der Waals surface area contributed by atoms with Crippen LogP contribution >= 0.6 is 24.2 Å². The molecule has 0 aliphatic carbocycles. The highest BCUT2D eigenvalue weighted by atomic mass is 35.5. The van der Waals surface area contributed by atoms with Crippen LogP contribution in [0.4, 0.5) is 0 Å². The van der Waals surface area contributed by atoms with Crippen molar-refractivity contribution in [1.29, 1.82) is 0 Å². The minimum absolute atomic E-state index is 0. The monoisotopic (exact) mass is 191 g/mol. The van der Waals surface area contributed by atoms with Crippen molar-refractivity contribution in [2.45, 2.75) is 6.42 Å². The van der Waals surface area contributed by atoms with Crippen molar-refractivity contribution in [2.75, 3.05) is 13.1 Å². The second-order valence-corrected chi connectivity index (χ2v) is 3.77. The van der Waals surface area contributed by atoms with Crippen molar-refractivity contribution in [3.63, 3.8) is 0 Å². The van der Waals surface area contributed by atoms with E-state index in [-0.39, 0.29) is 12.4 Å². The number of hydrogen-bond acceptors (Lipinski definition) is 3. The topological polar surface area (TPSA) is 29.1 Å². The first-order chi connectivity index (χ1) is 4.86. The molecule has 2 heterocycles. The standard InChI is InChI=1S/C7H9NOS.ClH/c9-7-3-5-4-8-2-1-6(5)10-7;/h1,5,8H,2-4H2;1H. The molecule has 0 bridgehead atoms. The first-order valence-electron chi connectivity index (χ1n) is 3.48. The van der Waals surface area contributed by atoms with E-state index in [4.69, 9.17) is 0 Å². The third kappa shape index (κ3) is 1.78. The van der Waals surface area contributed by atoms with Gasteiger partial charge in [-0.1, -0.05) is 17.8 Å². The average molecular weight is 192 g/mol. The van der Waals surface area contributed by atoms with Crippen molar-refractivity contribution in [3.8, 4) is 0 Å². The van der Waals surface area contributed by atoms with Crippen molar-refractivity contribution in [3.05, 3.63) is 11.0 Å². The first kappa shape index (κ1) is 9.10. The third-order valence-electron chi connectivity index (χ3n) is 1.89. The molecule has 2 aliphatic heterocycles. The van der Waals surface area contributed by atoms with E-state index in [0.717, 1.165) is 19.5 Å². The molecule has 1 fully saturated rings. The van der Waals surface area contributed by atoms with Gasteiger partial charge in [0.2, 0.25) is 0 Å². The lowest BCUT2D eigenvalue weighted by molar-refractivity contribution is -0.111. The van der Waals surface area contributed by atoms with E-state index in [1.165, 1.54) is 16.7 Å². The van der Waals surface area contributed by atoms with Crippen molar-refractivity contribution in [2.24, 2.45) is 5.92 Å². The van der Waals surface area contributed by atoms with Crippen LogP contribution in [0.2, 0.25) is 0 Å². The fourth-order valence-corrected chi connectivity index (χ4v) is 2.42. The van der Waals surface area contributed by atoms with Gasteiger partial charge in [0.25, 0.3) is 0 Å². The first-order valence-corrected chi connectivity index (χ1v) is 4.29. The second kappa shape index (κ2) is 3.61. The minimum Gasteiger partial charge on any atom is -0.313 e. The summed E-state index contributed by atoms with van der Waals surface area (Å²) in [6.07, 6.45) is 2.87. The van der Waals surface area contributed by atoms with E-state index in [2.05, 4.69) is 11.4 Å². The average Bonchev–Trinajstić information content (AvgIpc) is 2.27. The van der Waals surface area contributed by atoms with E-state index < -0.39 is 0 Å². The molecule has 11 heavy (non-hydrogen) atoms. The molecular weight excluding hydrogens is 182 g/mol. The molecule has 4 heteroatoms. The fraction of sp³-hybridized carbons (Fsp3) is 0.571. The van der Waals surface area contributed by atoms with Gasteiger partial charge in [-0.3, -0.25) is 4.79 Å². The molecule has 0 aromatic rings. The third-order valence-corrected chi connectivity index (χ3v) is 3.02. The summed E-state index contributed by atoms with van der Waals surface area (Å²) in [7, 11) is 0. The van der Waals surface area contributed by atoms with Gasteiger partial charge in [0.15, 0.2) is 5.12 Å². The highest BCUT2D eigenvalue weighted by molar-refractivity contribution is 8.17. The predicted octanol–water partition coefficient (Wildman–Crippen LogP) is 1.17. The summed E-state index contributed by atoms with van der Waals surface area (Å²) >= 11 is 1.43. The molecule has 62 valence electrons. The molecule has 2 nitrogen and oxygen atoms in total. The molecule has 0 spiro atoms. The Kier molecular flexibility index (Phi) is 2.98. The normalized spacial score (nSPS) is 28.9. The molecule has 0 radical (unpaired) electrons. The van der Waals surface area contributed by atoms with Crippen LogP contribution < -0.4 is 5.32 Å². The van der Waals surface area contributed by atoms with Crippen molar-refractivity contribution in [1.82, 2.24) is 5.32 Å². The number of carbonyl (C=O) groups is 1. The Morgan fingerprint density at radius 1 is 1.64 bits per heavy atom. The summed E-state index contributed by atoms with van der Waals surface area (Å²) in [4.78, 5) is 12.2. The molecule has 1 N–H and O–H groups in total. The molecular formula is C7H10ClNOS. The summed E-state index contributed by atoms with van der Waals surface area (Å²) in [5.41, 5.74) is 0. The maximum atomic E-state index is 10.9. The van der Waals surface area contributed by atoms with Crippen LogP contribution in [0, 0.1) is 5.92 Å². The molecule has 2 aliphatic rings. The minimum atomic E-state index is 0. The zero-order valence-electron chi connectivity index (χ0n) is 6.00.